The fourth-order valence-corrected chi connectivity index (χ4v) is 4.95. The first-order valence-corrected chi connectivity index (χ1v) is 11.8. The molecule has 0 amide bonds. The predicted molar refractivity (Wildman–Crippen MR) is 121 cm³/mol. The molecule has 0 saturated heterocycles. The second-order valence-electron chi connectivity index (χ2n) is 8.67. The van der Waals surface area contributed by atoms with Crippen LogP contribution in [0.3, 0.4) is 0 Å². The van der Waals surface area contributed by atoms with Crippen molar-refractivity contribution in [3.8, 4) is 5.88 Å². The molecule has 1 aliphatic rings. The van der Waals surface area contributed by atoms with Crippen LogP contribution in [0.15, 0.2) is 35.6 Å². The number of aliphatic hydroxyl groups excluding tert-OH is 1. The Hall–Kier alpha value is -2.92. The van der Waals surface area contributed by atoms with E-state index in [1.807, 2.05) is 0 Å². The molecule has 8 nitrogen and oxygen atoms in total. The summed E-state index contributed by atoms with van der Waals surface area (Å²) in [6.07, 6.45) is 2.81. The maximum absolute atomic E-state index is 14.8. The molecule has 0 bridgehead atoms. The Labute approximate surface area is 191 Å². The van der Waals surface area contributed by atoms with Gasteiger partial charge in [0.1, 0.15) is 34.2 Å². The highest BCUT2D eigenvalue weighted by Crippen LogP contribution is 2.38. The van der Waals surface area contributed by atoms with Crippen LogP contribution in [0.2, 0.25) is 0 Å². The van der Waals surface area contributed by atoms with Crippen molar-refractivity contribution in [3.63, 3.8) is 0 Å². The molecular weight excluding hydrogens is 454 g/mol. The number of hydrogen-bond donors (Lipinski definition) is 2. The number of sulfone groups is 1. The second-order valence-corrected chi connectivity index (χ2v) is 11.2. The molecule has 2 atom stereocenters. The van der Waals surface area contributed by atoms with Crippen LogP contribution in [0, 0.1) is 5.82 Å². The first-order valence-electron chi connectivity index (χ1n) is 10.1. The number of rotatable bonds is 6. The highest BCUT2D eigenvalue weighted by Gasteiger charge is 2.49. The summed E-state index contributed by atoms with van der Waals surface area (Å²) in [5, 5.41) is 9.23. The van der Waals surface area contributed by atoms with Gasteiger partial charge in [-0.25, -0.2) is 27.2 Å². The van der Waals surface area contributed by atoms with Crippen LogP contribution in [0.25, 0.3) is 11.9 Å². The fourth-order valence-electron chi connectivity index (χ4n) is 3.27. The topological polar surface area (TPSA) is 128 Å². The highest BCUT2D eigenvalue weighted by molar-refractivity contribution is 7.93. The summed E-state index contributed by atoms with van der Waals surface area (Å²) >= 11 is 0. The first kappa shape index (κ1) is 24.7. The Kier molecular flexibility index (Phi) is 6.58. The standard InChI is InChI=1S/C22H26F2N4O4S/c1-13(29)11-32-19-10-26-18(9-27-19)17(24)8-14-5-6-16(23)15(7-14)22(4)12-33(30,31)21(2,3)20(25)28-22/h5-10,13,29H,11-12H2,1-4H3,(H2,25,28)/b17-8-. The van der Waals surface area contributed by atoms with E-state index in [1.54, 1.807) is 6.92 Å². The molecule has 178 valence electrons. The smallest absolute Gasteiger partial charge is 0.232 e. The van der Waals surface area contributed by atoms with Crippen molar-refractivity contribution in [1.82, 2.24) is 9.97 Å². The van der Waals surface area contributed by atoms with Gasteiger partial charge in [-0.15, -0.1) is 0 Å². The number of nitrogens with two attached hydrogens (primary N) is 1. The number of halogens is 2. The summed E-state index contributed by atoms with van der Waals surface area (Å²) in [6, 6.07) is 3.81. The van der Waals surface area contributed by atoms with Crippen LogP contribution in [0.5, 0.6) is 5.88 Å². The van der Waals surface area contributed by atoms with Gasteiger partial charge in [-0.3, -0.25) is 4.99 Å². The molecule has 11 heteroatoms. The molecule has 1 aromatic heterocycles. The molecule has 2 aromatic rings. The molecular formula is C22H26F2N4O4S. The third kappa shape index (κ3) is 5.03. The van der Waals surface area contributed by atoms with Gasteiger partial charge in [0, 0.05) is 5.56 Å². The molecule has 2 unspecified atom stereocenters. The summed E-state index contributed by atoms with van der Waals surface area (Å²) in [5.74, 6) is -1.86. The average Bonchev–Trinajstić information content (AvgIpc) is 2.72. The number of ether oxygens (including phenoxy) is 1. The Morgan fingerprint density at radius 2 is 2.00 bits per heavy atom. The van der Waals surface area contributed by atoms with Gasteiger partial charge in [0.25, 0.3) is 0 Å². The monoisotopic (exact) mass is 480 g/mol. The van der Waals surface area contributed by atoms with Gasteiger partial charge in [0.15, 0.2) is 15.7 Å². The minimum Gasteiger partial charge on any atom is -0.474 e. The normalized spacial score (nSPS) is 23.0. The average molecular weight is 481 g/mol. The van der Waals surface area contributed by atoms with Crippen molar-refractivity contribution >= 4 is 27.6 Å². The summed E-state index contributed by atoms with van der Waals surface area (Å²) in [6.45, 7) is 5.95. The molecule has 0 fully saturated rings. The van der Waals surface area contributed by atoms with E-state index in [-0.39, 0.29) is 35.1 Å². The molecule has 0 saturated carbocycles. The quantitative estimate of drug-likeness (QED) is 0.650. The van der Waals surface area contributed by atoms with Gasteiger partial charge in [-0.1, -0.05) is 6.07 Å². The van der Waals surface area contributed by atoms with Gasteiger partial charge < -0.3 is 15.6 Å². The van der Waals surface area contributed by atoms with Crippen molar-refractivity contribution in [1.29, 1.82) is 0 Å². The van der Waals surface area contributed by atoms with E-state index < -0.39 is 43.6 Å². The number of hydrogen-bond acceptors (Lipinski definition) is 8. The van der Waals surface area contributed by atoms with Crippen LogP contribution in [-0.4, -0.2) is 52.5 Å². The largest absolute Gasteiger partial charge is 0.474 e. The lowest BCUT2D eigenvalue weighted by molar-refractivity contribution is 0.119. The van der Waals surface area contributed by atoms with Crippen molar-refractivity contribution in [2.24, 2.45) is 10.7 Å². The maximum atomic E-state index is 14.8. The summed E-state index contributed by atoms with van der Waals surface area (Å²) < 4.78 is 58.9. The number of aliphatic imine (C=N–C) groups is 1. The first-order chi connectivity index (χ1) is 15.2. The van der Waals surface area contributed by atoms with E-state index in [0.29, 0.717) is 0 Å². The molecule has 1 aliphatic heterocycles. The Morgan fingerprint density at radius 3 is 2.58 bits per heavy atom. The van der Waals surface area contributed by atoms with Gasteiger partial charge in [0.2, 0.25) is 5.88 Å². The lowest BCUT2D eigenvalue weighted by atomic mass is 9.91. The van der Waals surface area contributed by atoms with E-state index in [0.717, 1.165) is 18.3 Å². The number of amidine groups is 1. The number of nitrogens with zero attached hydrogens (tertiary/aromatic N) is 3. The molecule has 1 aromatic carbocycles. The van der Waals surface area contributed by atoms with E-state index >= 15 is 0 Å². The Balaban J connectivity index is 1.93. The molecule has 3 rings (SSSR count). The number of aromatic nitrogens is 2. The molecule has 33 heavy (non-hydrogen) atoms. The lowest BCUT2D eigenvalue weighted by Gasteiger charge is -2.38. The van der Waals surface area contributed by atoms with Crippen LogP contribution in [0.1, 0.15) is 44.5 Å². The third-order valence-electron chi connectivity index (χ3n) is 5.44. The van der Waals surface area contributed by atoms with Gasteiger partial charge in [0.05, 0.1) is 24.3 Å². The molecule has 2 heterocycles. The Morgan fingerprint density at radius 1 is 1.30 bits per heavy atom. The SMILES string of the molecule is CC(O)COc1cnc(/C(F)=C/c2ccc(F)c(C3(C)CS(=O)(=O)C(C)(C)C(N)=N3)c2)cn1. The van der Waals surface area contributed by atoms with Crippen molar-refractivity contribution in [2.75, 3.05) is 12.4 Å². The Bertz CT molecular complexity index is 1210. The minimum absolute atomic E-state index is 0.0148. The van der Waals surface area contributed by atoms with Crippen molar-refractivity contribution in [3.05, 3.63) is 53.2 Å². The lowest BCUT2D eigenvalue weighted by Crippen LogP contribution is -2.55. The predicted octanol–water partition coefficient (Wildman–Crippen LogP) is 2.62. The second kappa shape index (κ2) is 8.79. The van der Waals surface area contributed by atoms with Crippen LogP contribution in [-0.2, 0) is 15.4 Å². The molecule has 3 N–H and O–H groups in total. The zero-order valence-corrected chi connectivity index (χ0v) is 19.5. The van der Waals surface area contributed by atoms with Gasteiger partial charge in [-0.05, 0) is 51.5 Å². The van der Waals surface area contributed by atoms with E-state index in [2.05, 4.69) is 15.0 Å². The molecule has 0 radical (unpaired) electrons. The molecule has 0 spiro atoms. The zero-order valence-electron chi connectivity index (χ0n) is 18.7. The summed E-state index contributed by atoms with van der Waals surface area (Å²) in [7, 11) is -3.73. The zero-order chi connectivity index (χ0) is 24.6. The van der Waals surface area contributed by atoms with Crippen LogP contribution >= 0.6 is 0 Å². The minimum atomic E-state index is -3.73. The summed E-state index contributed by atoms with van der Waals surface area (Å²) in [5.41, 5.74) is 4.64. The van der Waals surface area contributed by atoms with E-state index in [4.69, 9.17) is 10.5 Å². The molecule has 0 aliphatic carbocycles. The highest BCUT2D eigenvalue weighted by atomic mass is 32.2. The van der Waals surface area contributed by atoms with Crippen molar-refractivity contribution < 1.29 is 27.0 Å². The fraction of sp³-hybridized carbons (Fsp3) is 0.409. The van der Waals surface area contributed by atoms with Gasteiger partial charge >= 0.3 is 0 Å². The third-order valence-corrected chi connectivity index (χ3v) is 8.15. The van der Waals surface area contributed by atoms with Gasteiger partial charge in [-0.2, -0.15) is 0 Å². The van der Waals surface area contributed by atoms with E-state index in [9.17, 15) is 22.3 Å². The van der Waals surface area contributed by atoms with Crippen molar-refractivity contribution in [2.45, 2.75) is 44.1 Å². The van der Waals surface area contributed by atoms with E-state index in [1.165, 1.54) is 39.1 Å². The summed E-state index contributed by atoms with van der Waals surface area (Å²) in [4.78, 5) is 12.2. The number of benzene rings is 1. The van der Waals surface area contributed by atoms with Crippen LogP contribution in [0.4, 0.5) is 8.78 Å². The number of aliphatic hydroxyl groups is 1. The van der Waals surface area contributed by atoms with Crippen LogP contribution < -0.4 is 10.5 Å². The maximum Gasteiger partial charge on any atom is 0.232 e.